The van der Waals surface area contributed by atoms with Crippen molar-refractivity contribution in [3.8, 4) is 11.5 Å². The second-order valence-corrected chi connectivity index (χ2v) is 7.69. The standard InChI is InChI=1S/C20H19FN4O3S/c1-11-4-9-16(12(2)10-11)22-19(27)23-17(26)13(3)29-20-25-24-18(28-20)14-5-7-15(21)8-6-14/h4-10,13H,1-3H3,(H2,22,23,26,27). The average Bonchev–Trinajstić information content (AvgIpc) is 3.13. The molecule has 0 radical (unpaired) electrons. The number of aromatic nitrogens is 2. The fraction of sp³-hybridized carbons (Fsp3) is 0.200. The van der Waals surface area contributed by atoms with E-state index in [0.717, 1.165) is 22.9 Å². The van der Waals surface area contributed by atoms with Crippen molar-refractivity contribution in [1.29, 1.82) is 0 Å². The molecule has 3 amide bonds. The van der Waals surface area contributed by atoms with E-state index in [0.29, 0.717) is 11.3 Å². The number of hydrogen-bond donors (Lipinski definition) is 2. The van der Waals surface area contributed by atoms with Crippen molar-refractivity contribution in [2.75, 3.05) is 5.32 Å². The molecule has 1 atom stereocenters. The van der Waals surface area contributed by atoms with E-state index in [1.807, 2.05) is 26.0 Å². The molecule has 0 saturated heterocycles. The molecule has 0 saturated carbocycles. The minimum Gasteiger partial charge on any atom is -0.411 e. The number of carbonyl (C=O) groups excluding carboxylic acids is 2. The van der Waals surface area contributed by atoms with E-state index < -0.39 is 17.2 Å². The molecular formula is C20H19FN4O3S. The molecule has 2 N–H and O–H groups in total. The number of nitrogens with zero attached hydrogens (tertiary/aromatic N) is 2. The SMILES string of the molecule is Cc1ccc(NC(=O)NC(=O)C(C)Sc2nnc(-c3ccc(F)cc3)o2)c(C)c1. The number of hydrogen-bond acceptors (Lipinski definition) is 6. The monoisotopic (exact) mass is 414 g/mol. The number of urea groups is 1. The van der Waals surface area contributed by atoms with Gasteiger partial charge in [0.15, 0.2) is 0 Å². The number of aryl methyl sites for hydroxylation is 2. The molecule has 150 valence electrons. The number of benzene rings is 2. The highest BCUT2D eigenvalue weighted by molar-refractivity contribution is 8.00. The Labute approximate surface area is 171 Å². The van der Waals surface area contributed by atoms with Crippen molar-refractivity contribution in [3.63, 3.8) is 0 Å². The Balaban J connectivity index is 1.56. The predicted octanol–water partition coefficient (Wildman–Crippen LogP) is 4.32. The third kappa shape index (κ3) is 5.41. The third-order valence-corrected chi connectivity index (χ3v) is 4.95. The van der Waals surface area contributed by atoms with E-state index >= 15 is 0 Å². The molecule has 0 bridgehead atoms. The van der Waals surface area contributed by atoms with Gasteiger partial charge in [0.1, 0.15) is 5.82 Å². The van der Waals surface area contributed by atoms with Crippen molar-refractivity contribution in [2.45, 2.75) is 31.2 Å². The highest BCUT2D eigenvalue weighted by Gasteiger charge is 2.21. The molecular weight excluding hydrogens is 395 g/mol. The van der Waals surface area contributed by atoms with E-state index in [1.54, 1.807) is 13.0 Å². The molecule has 9 heteroatoms. The van der Waals surface area contributed by atoms with E-state index in [-0.39, 0.29) is 16.9 Å². The summed E-state index contributed by atoms with van der Waals surface area (Å²) in [4.78, 5) is 24.4. The molecule has 1 unspecified atom stereocenters. The molecule has 0 fully saturated rings. The van der Waals surface area contributed by atoms with Gasteiger partial charge in [-0.1, -0.05) is 29.5 Å². The molecule has 1 heterocycles. The summed E-state index contributed by atoms with van der Waals surface area (Å²) in [6, 6.07) is 10.6. The van der Waals surface area contributed by atoms with Crippen LogP contribution in [-0.2, 0) is 4.79 Å². The van der Waals surface area contributed by atoms with Gasteiger partial charge < -0.3 is 9.73 Å². The van der Waals surface area contributed by atoms with E-state index in [1.165, 1.54) is 24.3 Å². The minimum absolute atomic E-state index is 0.168. The predicted molar refractivity (Wildman–Crippen MR) is 108 cm³/mol. The van der Waals surface area contributed by atoms with Crippen molar-refractivity contribution in [2.24, 2.45) is 0 Å². The van der Waals surface area contributed by atoms with E-state index in [4.69, 9.17) is 4.42 Å². The van der Waals surface area contributed by atoms with Crippen molar-refractivity contribution >= 4 is 29.4 Å². The molecule has 0 aliphatic carbocycles. The lowest BCUT2D eigenvalue weighted by atomic mass is 10.1. The first kappa shape index (κ1) is 20.5. The van der Waals surface area contributed by atoms with Crippen LogP contribution in [-0.4, -0.2) is 27.4 Å². The van der Waals surface area contributed by atoms with Gasteiger partial charge >= 0.3 is 6.03 Å². The van der Waals surface area contributed by atoms with Gasteiger partial charge in [-0.2, -0.15) is 0 Å². The molecule has 0 spiro atoms. The molecule has 3 aromatic rings. The van der Waals surface area contributed by atoms with Crippen molar-refractivity contribution < 1.29 is 18.4 Å². The van der Waals surface area contributed by atoms with Crippen molar-refractivity contribution in [1.82, 2.24) is 15.5 Å². The second kappa shape index (κ2) is 8.87. The van der Waals surface area contributed by atoms with Crippen LogP contribution in [0.1, 0.15) is 18.1 Å². The van der Waals surface area contributed by atoms with Crippen LogP contribution in [0.4, 0.5) is 14.9 Å². The molecule has 2 aromatic carbocycles. The first-order valence-electron chi connectivity index (χ1n) is 8.77. The van der Waals surface area contributed by atoms with Crippen LogP contribution in [0, 0.1) is 19.7 Å². The Morgan fingerprint density at radius 1 is 1.10 bits per heavy atom. The van der Waals surface area contributed by atoms with Crippen LogP contribution in [0.25, 0.3) is 11.5 Å². The lowest BCUT2D eigenvalue weighted by Gasteiger charge is -2.12. The molecule has 1 aromatic heterocycles. The number of thioether (sulfide) groups is 1. The highest BCUT2D eigenvalue weighted by Crippen LogP contribution is 2.26. The zero-order valence-corrected chi connectivity index (χ0v) is 16.8. The van der Waals surface area contributed by atoms with Crippen LogP contribution in [0.3, 0.4) is 0 Å². The molecule has 0 aliphatic heterocycles. The number of amides is 3. The molecule has 3 rings (SSSR count). The van der Waals surface area contributed by atoms with Gasteiger partial charge in [0.2, 0.25) is 11.8 Å². The Bertz CT molecular complexity index is 1040. The van der Waals surface area contributed by atoms with E-state index in [9.17, 15) is 14.0 Å². The van der Waals surface area contributed by atoms with Gasteiger partial charge in [0, 0.05) is 11.3 Å². The summed E-state index contributed by atoms with van der Waals surface area (Å²) in [6.07, 6.45) is 0. The summed E-state index contributed by atoms with van der Waals surface area (Å²) in [7, 11) is 0. The smallest absolute Gasteiger partial charge is 0.325 e. The maximum absolute atomic E-state index is 13.0. The fourth-order valence-electron chi connectivity index (χ4n) is 2.49. The maximum atomic E-state index is 13.0. The second-order valence-electron chi connectivity index (χ2n) is 6.40. The van der Waals surface area contributed by atoms with Crippen LogP contribution in [0.2, 0.25) is 0 Å². The largest absolute Gasteiger partial charge is 0.411 e. The topological polar surface area (TPSA) is 97.1 Å². The van der Waals surface area contributed by atoms with Crippen LogP contribution >= 0.6 is 11.8 Å². The number of imide groups is 1. The van der Waals surface area contributed by atoms with Gasteiger partial charge in [0.25, 0.3) is 5.22 Å². The quantitative estimate of drug-likeness (QED) is 0.604. The van der Waals surface area contributed by atoms with Gasteiger partial charge in [-0.05, 0) is 56.7 Å². The summed E-state index contributed by atoms with van der Waals surface area (Å²) >= 11 is 1.02. The lowest BCUT2D eigenvalue weighted by molar-refractivity contribution is -0.119. The van der Waals surface area contributed by atoms with Crippen LogP contribution in [0.15, 0.2) is 52.1 Å². The Kier molecular flexibility index (Phi) is 6.28. The van der Waals surface area contributed by atoms with Crippen molar-refractivity contribution in [3.05, 3.63) is 59.4 Å². The zero-order chi connectivity index (χ0) is 21.0. The first-order chi connectivity index (χ1) is 13.8. The van der Waals surface area contributed by atoms with Gasteiger partial charge in [-0.3, -0.25) is 10.1 Å². The minimum atomic E-state index is -0.651. The molecule has 7 nitrogen and oxygen atoms in total. The fourth-order valence-corrected chi connectivity index (χ4v) is 3.18. The Morgan fingerprint density at radius 2 is 1.83 bits per heavy atom. The molecule has 0 aliphatic rings. The number of halogens is 1. The Hall–Kier alpha value is -3.20. The number of anilines is 1. The van der Waals surface area contributed by atoms with Crippen LogP contribution in [0.5, 0.6) is 0 Å². The summed E-state index contributed by atoms with van der Waals surface area (Å²) < 4.78 is 18.5. The first-order valence-corrected chi connectivity index (χ1v) is 9.65. The Morgan fingerprint density at radius 3 is 2.52 bits per heavy atom. The third-order valence-electron chi connectivity index (χ3n) is 4.01. The normalized spacial score (nSPS) is 11.7. The van der Waals surface area contributed by atoms with E-state index in [2.05, 4.69) is 20.8 Å². The average molecular weight is 414 g/mol. The zero-order valence-electron chi connectivity index (χ0n) is 16.0. The maximum Gasteiger partial charge on any atom is 0.325 e. The highest BCUT2D eigenvalue weighted by atomic mass is 32.2. The molecule has 29 heavy (non-hydrogen) atoms. The van der Waals surface area contributed by atoms with Gasteiger partial charge in [0.05, 0.1) is 5.25 Å². The summed E-state index contributed by atoms with van der Waals surface area (Å²) in [5.41, 5.74) is 3.17. The number of nitrogens with one attached hydrogen (secondary N) is 2. The lowest BCUT2D eigenvalue weighted by Crippen LogP contribution is -2.39. The number of rotatable bonds is 5. The van der Waals surface area contributed by atoms with Gasteiger partial charge in [-0.15, -0.1) is 10.2 Å². The van der Waals surface area contributed by atoms with Gasteiger partial charge in [-0.25, -0.2) is 9.18 Å². The van der Waals surface area contributed by atoms with Crippen LogP contribution < -0.4 is 10.6 Å². The summed E-state index contributed by atoms with van der Waals surface area (Å²) in [6.45, 7) is 5.45. The summed E-state index contributed by atoms with van der Waals surface area (Å²) in [5.74, 6) is -0.654. The number of carbonyl (C=O) groups is 2. The summed E-state index contributed by atoms with van der Waals surface area (Å²) in [5, 5.41) is 12.2.